The zero-order valence-corrected chi connectivity index (χ0v) is 34.4. The zero-order valence-electron chi connectivity index (χ0n) is 33.6. The molecule has 1 fully saturated rings. The number of rotatable bonds is 8. The van der Waals surface area contributed by atoms with Gasteiger partial charge >= 0.3 is 0 Å². The molecule has 11 rings (SSSR count). The summed E-state index contributed by atoms with van der Waals surface area (Å²) < 4.78 is 2.59. The molecule has 0 aliphatic heterocycles. The summed E-state index contributed by atoms with van der Waals surface area (Å²) >= 11 is 1.89. The molecule has 1 aromatic heterocycles. The quantitative estimate of drug-likeness (QED) is 0.148. The fraction of sp³-hybridized carbons (Fsp3) is 0.103. The van der Waals surface area contributed by atoms with Gasteiger partial charge in [-0.2, -0.15) is 0 Å². The molecule has 0 unspecified atom stereocenters. The van der Waals surface area contributed by atoms with Gasteiger partial charge in [-0.3, -0.25) is 0 Å². The maximum absolute atomic E-state index is 2.57. The first-order chi connectivity index (χ1) is 29.8. The molecular weight excluding hydrogens is 743 g/mol. The number of nitrogens with zero attached hydrogens (tertiary/aromatic N) is 1. The van der Waals surface area contributed by atoms with Crippen LogP contribution in [0.3, 0.4) is 0 Å². The molecule has 0 saturated heterocycles. The summed E-state index contributed by atoms with van der Waals surface area (Å²) in [4.78, 5) is 2.57. The van der Waals surface area contributed by atoms with E-state index in [1.54, 1.807) is 0 Å². The van der Waals surface area contributed by atoms with Crippen LogP contribution in [-0.4, -0.2) is 0 Å². The Morgan fingerprint density at radius 2 is 0.867 bits per heavy atom. The van der Waals surface area contributed by atoms with Crippen LogP contribution in [0, 0.1) is 0 Å². The zero-order chi connectivity index (χ0) is 39.8. The monoisotopic (exact) mass is 787 g/mol. The van der Waals surface area contributed by atoms with E-state index in [1.807, 2.05) is 11.3 Å². The summed E-state index contributed by atoms with van der Waals surface area (Å²) in [7, 11) is 0. The molecule has 0 amide bonds. The van der Waals surface area contributed by atoms with E-state index in [2.05, 4.69) is 211 Å². The van der Waals surface area contributed by atoms with Crippen LogP contribution in [-0.2, 0) is 0 Å². The Kier molecular flexibility index (Phi) is 9.56. The molecule has 288 valence electrons. The van der Waals surface area contributed by atoms with Gasteiger partial charge in [0.15, 0.2) is 0 Å². The highest BCUT2D eigenvalue weighted by atomic mass is 32.1. The molecule has 0 radical (unpaired) electrons. The highest BCUT2D eigenvalue weighted by Crippen LogP contribution is 2.52. The second-order valence-corrected chi connectivity index (χ2v) is 17.2. The lowest BCUT2D eigenvalue weighted by molar-refractivity contribution is 0.445. The molecule has 0 atom stereocenters. The first-order valence-corrected chi connectivity index (χ1v) is 22.3. The first-order valence-electron chi connectivity index (χ1n) is 21.5. The van der Waals surface area contributed by atoms with E-state index < -0.39 is 0 Å². The summed E-state index contributed by atoms with van der Waals surface area (Å²) in [6, 6.07) is 76.5. The van der Waals surface area contributed by atoms with Crippen molar-refractivity contribution in [3.63, 3.8) is 0 Å². The van der Waals surface area contributed by atoms with Crippen molar-refractivity contribution in [3.05, 3.63) is 212 Å². The van der Waals surface area contributed by atoms with Crippen LogP contribution in [0.2, 0.25) is 0 Å². The summed E-state index contributed by atoms with van der Waals surface area (Å²) in [5.41, 5.74) is 14.8. The summed E-state index contributed by atoms with van der Waals surface area (Å²) in [5.74, 6) is 0.579. The molecule has 1 aliphatic carbocycles. The third-order valence-electron chi connectivity index (χ3n) is 12.7. The van der Waals surface area contributed by atoms with Crippen LogP contribution in [0.25, 0.3) is 75.5 Å². The molecule has 10 aromatic rings. The molecule has 2 heteroatoms. The molecule has 60 heavy (non-hydrogen) atoms. The Labute approximate surface area is 356 Å². The van der Waals surface area contributed by atoms with Crippen molar-refractivity contribution in [1.29, 1.82) is 0 Å². The Morgan fingerprint density at radius 3 is 1.60 bits per heavy atom. The topological polar surface area (TPSA) is 3.24 Å². The van der Waals surface area contributed by atoms with E-state index in [9.17, 15) is 0 Å². The van der Waals surface area contributed by atoms with E-state index in [0.717, 1.165) is 5.69 Å². The first kappa shape index (κ1) is 36.3. The predicted octanol–water partition coefficient (Wildman–Crippen LogP) is 17.4. The third-order valence-corrected chi connectivity index (χ3v) is 13.9. The number of thiophene rings is 1. The van der Waals surface area contributed by atoms with Crippen LogP contribution in [0.5, 0.6) is 0 Å². The number of anilines is 3. The Hall–Kier alpha value is -6.74. The normalized spacial score (nSPS) is 13.3. The van der Waals surface area contributed by atoms with Gasteiger partial charge in [0.25, 0.3) is 0 Å². The maximum Gasteiger partial charge on any atom is 0.0640 e. The lowest BCUT2D eigenvalue weighted by Crippen LogP contribution is -2.13. The van der Waals surface area contributed by atoms with Gasteiger partial charge in [0.2, 0.25) is 0 Å². The largest absolute Gasteiger partial charge is 0.308 e. The smallest absolute Gasteiger partial charge is 0.0640 e. The minimum Gasteiger partial charge on any atom is -0.308 e. The van der Waals surface area contributed by atoms with Crippen LogP contribution in [0.15, 0.2) is 206 Å². The van der Waals surface area contributed by atoms with Gasteiger partial charge in [-0.25, -0.2) is 0 Å². The van der Waals surface area contributed by atoms with Gasteiger partial charge in [-0.15, -0.1) is 11.3 Å². The van der Waals surface area contributed by atoms with Crippen LogP contribution < -0.4 is 4.90 Å². The third kappa shape index (κ3) is 6.40. The van der Waals surface area contributed by atoms with Gasteiger partial charge in [-0.05, 0) is 92.7 Å². The van der Waals surface area contributed by atoms with Crippen LogP contribution in [0.1, 0.15) is 43.6 Å². The van der Waals surface area contributed by atoms with E-state index in [1.165, 1.54) is 124 Å². The average Bonchev–Trinajstić information content (AvgIpc) is 3.72. The maximum atomic E-state index is 2.57. The fourth-order valence-electron chi connectivity index (χ4n) is 9.98. The summed E-state index contributed by atoms with van der Waals surface area (Å²) in [6.45, 7) is 0. The average molecular weight is 788 g/mol. The molecule has 0 spiro atoms. The van der Waals surface area contributed by atoms with Crippen molar-refractivity contribution in [3.8, 4) is 44.5 Å². The van der Waals surface area contributed by atoms with Crippen molar-refractivity contribution < 1.29 is 0 Å². The Bertz CT molecular complexity index is 3140. The lowest BCUT2D eigenvalue weighted by atomic mass is 9.80. The van der Waals surface area contributed by atoms with Crippen molar-refractivity contribution in [2.24, 2.45) is 0 Å². The minimum atomic E-state index is 0.579. The molecule has 1 nitrogen and oxygen atoms in total. The molecule has 0 N–H and O–H groups in total. The van der Waals surface area contributed by atoms with E-state index in [4.69, 9.17) is 0 Å². The Morgan fingerprint density at radius 1 is 0.367 bits per heavy atom. The lowest BCUT2D eigenvalue weighted by Gasteiger charge is -2.31. The molecule has 1 heterocycles. The van der Waals surface area contributed by atoms with Crippen LogP contribution in [0.4, 0.5) is 17.1 Å². The summed E-state index contributed by atoms with van der Waals surface area (Å²) in [5, 5.41) is 5.30. The number of benzene rings is 9. The van der Waals surface area contributed by atoms with Gasteiger partial charge in [-0.1, -0.05) is 201 Å². The minimum absolute atomic E-state index is 0.579. The van der Waals surface area contributed by atoms with Crippen LogP contribution >= 0.6 is 11.3 Å². The fourth-order valence-corrected chi connectivity index (χ4v) is 11.2. The van der Waals surface area contributed by atoms with Crippen molar-refractivity contribution in [2.75, 3.05) is 4.90 Å². The van der Waals surface area contributed by atoms with E-state index in [0.29, 0.717) is 5.92 Å². The molecule has 1 saturated carbocycles. The number of hydrogen-bond donors (Lipinski definition) is 0. The number of para-hydroxylation sites is 2. The number of hydrogen-bond acceptors (Lipinski definition) is 2. The second-order valence-electron chi connectivity index (χ2n) is 16.2. The molecule has 1 aliphatic rings. The van der Waals surface area contributed by atoms with Crippen molar-refractivity contribution in [1.82, 2.24) is 0 Å². The Balaban J connectivity index is 1.19. The molecule has 0 bridgehead atoms. The highest BCUT2D eigenvalue weighted by Gasteiger charge is 2.26. The van der Waals surface area contributed by atoms with E-state index in [-0.39, 0.29) is 0 Å². The van der Waals surface area contributed by atoms with Gasteiger partial charge in [0, 0.05) is 26.6 Å². The number of fused-ring (bicyclic) bond motifs is 4. The highest BCUT2D eigenvalue weighted by molar-refractivity contribution is 7.26. The molecular formula is C58H45NS. The standard InChI is InChI=1S/C58H45NS/c1-3-20-40(21-4-1)43-26-7-8-27-45(43)46-28-9-10-29-47(46)48-30-11-14-36-53(48)59(55-38-19-35-52-50-32-13-16-39-56(50)60-58(52)55)54-37-15-12-31-49(54)51-34-18-25-42-24-17-33-44(57(42)51)41-22-5-2-6-23-41/h1,3-4,7-21,24-39,41H,2,5-6,22-23H2. The summed E-state index contributed by atoms with van der Waals surface area (Å²) in [6.07, 6.45) is 6.47. The van der Waals surface area contributed by atoms with Gasteiger partial charge < -0.3 is 4.90 Å². The second kappa shape index (κ2) is 15.8. The van der Waals surface area contributed by atoms with Gasteiger partial charge in [0.05, 0.1) is 21.8 Å². The van der Waals surface area contributed by atoms with Gasteiger partial charge in [0.1, 0.15) is 0 Å². The van der Waals surface area contributed by atoms with Crippen molar-refractivity contribution in [2.45, 2.75) is 38.0 Å². The van der Waals surface area contributed by atoms with E-state index >= 15 is 0 Å². The molecule has 9 aromatic carbocycles. The van der Waals surface area contributed by atoms with Crippen molar-refractivity contribution >= 4 is 59.3 Å². The SMILES string of the molecule is c1ccc(-c2ccccc2-c2ccccc2-c2ccccc2N(c2ccccc2-c2cccc3cccc(C4CCCCC4)c23)c2cccc3c2sc2ccccc23)cc1. The predicted molar refractivity (Wildman–Crippen MR) is 259 cm³/mol.